The Hall–Kier alpha value is -2.36. The Morgan fingerprint density at radius 3 is 2.61 bits per heavy atom. The van der Waals surface area contributed by atoms with Gasteiger partial charge in [0.15, 0.2) is 0 Å². The summed E-state index contributed by atoms with van der Waals surface area (Å²) in [6, 6.07) is 8.71. The van der Waals surface area contributed by atoms with E-state index in [2.05, 4.69) is 32.1 Å². The van der Waals surface area contributed by atoms with Gasteiger partial charge in [-0.2, -0.15) is 0 Å². The highest BCUT2D eigenvalue weighted by Crippen LogP contribution is 2.26. The Bertz CT molecular complexity index is 883. The predicted molar refractivity (Wildman–Crippen MR) is 129 cm³/mol. The molecule has 1 amide bonds. The van der Waals surface area contributed by atoms with Crippen molar-refractivity contribution in [1.82, 2.24) is 14.7 Å². The number of nitrogens with zero attached hydrogens (tertiary/aromatic N) is 5. The first-order valence-electron chi connectivity index (χ1n) is 11.5. The largest absolute Gasteiger partial charge is 0.447 e. The van der Waals surface area contributed by atoms with Gasteiger partial charge in [0.05, 0.1) is 13.0 Å². The quantitative estimate of drug-likeness (QED) is 0.699. The molecule has 0 radical (unpaired) electrons. The molecule has 9 nitrogen and oxygen atoms in total. The molecule has 0 unspecified atom stereocenters. The molecule has 3 aliphatic heterocycles. The number of nitrogens with two attached hydrogens (primary N) is 1. The number of hydrogen-bond donors (Lipinski definition) is 1. The van der Waals surface area contributed by atoms with Crippen LogP contribution in [0.5, 0.6) is 0 Å². The van der Waals surface area contributed by atoms with Crippen LogP contribution in [0.2, 0.25) is 5.02 Å². The Morgan fingerprint density at radius 1 is 1.24 bits per heavy atom. The number of carbonyl (C=O) groups excluding carboxylic acids is 1. The van der Waals surface area contributed by atoms with Gasteiger partial charge in [-0.05, 0) is 37.0 Å². The van der Waals surface area contributed by atoms with E-state index in [1.807, 2.05) is 12.1 Å². The van der Waals surface area contributed by atoms with Gasteiger partial charge in [0.1, 0.15) is 24.4 Å². The predicted octanol–water partition coefficient (Wildman–Crippen LogP) is 2.19. The molecule has 0 aliphatic carbocycles. The van der Waals surface area contributed by atoms with Gasteiger partial charge in [0.2, 0.25) is 0 Å². The zero-order valence-electron chi connectivity index (χ0n) is 19.3. The molecule has 1 aromatic carbocycles. The van der Waals surface area contributed by atoms with Crippen LogP contribution in [0.3, 0.4) is 0 Å². The van der Waals surface area contributed by atoms with Crippen molar-refractivity contribution in [2.75, 3.05) is 46.9 Å². The van der Waals surface area contributed by atoms with Crippen molar-refractivity contribution in [2.45, 2.75) is 43.9 Å². The molecule has 33 heavy (non-hydrogen) atoms. The number of amidine groups is 2. The molecule has 0 bridgehead atoms. The lowest BCUT2D eigenvalue weighted by Crippen LogP contribution is -2.58. The van der Waals surface area contributed by atoms with Crippen molar-refractivity contribution < 1.29 is 14.3 Å². The SMILES string of the molecule is CN(C)C(=O)OC[C@H]1CN(C2CCN(C3=NN=C(N)C3)CC2)[C@@H](Cc2ccc(Cl)cc2)CO1. The van der Waals surface area contributed by atoms with Crippen LogP contribution < -0.4 is 5.73 Å². The van der Waals surface area contributed by atoms with Crippen LogP contribution in [0, 0.1) is 0 Å². The van der Waals surface area contributed by atoms with Crippen LogP contribution in [0.1, 0.15) is 24.8 Å². The first-order valence-corrected chi connectivity index (χ1v) is 11.9. The number of carbonyl (C=O) groups is 1. The van der Waals surface area contributed by atoms with Gasteiger partial charge in [-0.15, -0.1) is 10.2 Å². The maximum Gasteiger partial charge on any atom is 0.409 e. The van der Waals surface area contributed by atoms with E-state index in [0.29, 0.717) is 24.9 Å². The van der Waals surface area contributed by atoms with E-state index >= 15 is 0 Å². The maximum atomic E-state index is 11.9. The summed E-state index contributed by atoms with van der Waals surface area (Å²) in [5, 5.41) is 8.96. The number of piperidine rings is 1. The summed E-state index contributed by atoms with van der Waals surface area (Å²) in [5.74, 6) is 1.55. The Labute approximate surface area is 200 Å². The van der Waals surface area contributed by atoms with E-state index in [-0.39, 0.29) is 24.8 Å². The van der Waals surface area contributed by atoms with Crippen molar-refractivity contribution in [3.8, 4) is 0 Å². The molecule has 2 atom stereocenters. The Balaban J connectivity index is 1.40. The van der Waals surface area contributed by atoms with E-state index in [0.717, 1.165) is 49.8 Å². The third-order valence-electron chi connectivity index (χ3n) is 6.48. The van der Waals surface area contributed by atoms with Gasteiger partial charge in [-0.1, -0.05) is 23.7 Å². The molecule has 180 valence electrons. The molecule has 0 aromatic heterocycles. The van der Waals surface area contributed by atoms with Crippen LogP contribution in [0.15, 0.2) is 34.5 Å². The molecule has 3 aliphatic rings. The highest BCUT2D eigenvalue weighted by molar-refractivity contribution is 6.30. The Morgan fingerprint density at radius 2 is 1.97 bits per heavy atom. The zero-order valence-corrected chi connectivity index (χ0v) is 20.1. The van der Waals surface area contributed by atoms with Crippen LogP contribution in [-0.4, -0.2) is 97.6 Å². The normalized spacial score (nSPS) is 24.4. The molecule has 2 fully saturated rings. The van der Waals surface area contributed by atoms with Crippen molar-refractivity contribution >= 4 is 29.4 Å². The molecule has 3 heterocycles. The number of halogens is 1. The van der Waals surface area contributed by atoms with E-state index < -0.39 is 0 Å². The summed E-state index contributed by atoms with van der Waals surface area (Å²) in [7, 11) is 3.36. The maximum absolute atomic E-state index is 11.9. The van der Waals surface area contributed by atoms with Crippen LogP contribution in [0.25, 0.3) is 0 Å². The molecule has 0 saturated carbocycles. The minimum atomic E-state index is -0.347. The van der Waals surface area contributed by atoms with Crippen LogP contribution >= 0.6 is 11.6 Å². The smallest absolute Gasteiger partial charge is 0.409 e. The van der Waals surface area contributed by atoms with Crippen LogP contribution in [0.4, 0.5) is 4.79 Å². The Kier molecular flexibility index (Phi) is 7.72. The number of likely N-dealkylation sites (tertiary alicyclic amines) is 1. The minimum Gasteiger partial charge on any atom is -0.447 e. The van der Waals surface area contributed by atoms with Crippen molar-refractivity contribution in [2.24, 2.45) is 15.9 Å². The van der Waals surface area contributed by atoms with Crippen LogP contribution in [-0.2, 0) is 15.9 Å². The monoisotopic (exact) mass is 476 g/mol. The molecule has 2 saturated heterocycles. The van der Waals surface area contributed by atoms with Gasteiger partial charge < -0.3 is 25.0 Å². The van der Waals surface area contributed by atoms with E-state index in [1.54, 1.807) is 14.1 Å². The van der Waals surface area contributed by atoms with Gasteiger partial charge in [0.25, 0.3) is 0 Å². The second-order valence-electron chi connectivity index (χ2n) is 9.11. The third-order valence-corrected chi connectivity index (χ3v) is 6.73. The average Bonchev–Trinajstić information content (AvgIpc) is 3.26. The summed E-state index contributed by atoms with van der Waals surface area (Å²) < 4.78 is 11.5. The first-order chi connectivity index (χ1) is 15.9. The molecule has 1 aromatic rings. The molecular formula is C23H33ClN6O3. The standard InChI is InChI=1S/C23H33ClN6O3/c1-28(2)23(31)33-15-20-13-30(19(14-32-20)11-16-3-5-17(24)6-4-16)18-7-9-29(10-8-18)22-12-21(25)26-27-22/h3-6,18-20H,7-15H2,1-2H3,(H2,25,26)/t19-,20+/m0/s1. The third kappa shape index (κ3) is 6.16. The molecule has 10 heteroatoms. The van der Waals surface area contributed by atoms with E-state index in [1.165, 1.54) is 10.5 Å². The van der Waals surface area contributed by atoms with Gasteiger partial charge in [-0.3, -0.25) is 4.90 Å². The lowest BCUT2D eigenvalue weighted by molar-refractivity contribution is -0.102. The van der Waals surface area contributed by atoms with Gasteiger partial charge in [-0.25, -0.2) is 4.79 Å². The summed E-state index contributed by atoms with van der Waals surface area (Å²) >= 11 is 6.07. The zero-order chi connectivity index (χ0) is 23.4. The minimum absolute atomic E-state index is 0.138. The first kappa shape index (κ1) is 23.8. The van der Waals surface area contributed by atoms with Crippen molar-refractivity contribution in [1.29, 1.82) is 0 Å². The molecule has 0 spiro atoms. The fourth-order valence-electron chi connectivity index (χ4n) is 4.68. The average molecular weight is 477 g/mol. The highest BCUT2D eigenvalue weighted by atomic mass is 35.5. The number of rotatable bonds is 5. The van der Waals surface area contributed by atoms with E-state index in [4.69, 9.17) is 26.8 Å². The molecule has 4 rings (SSSR count). The number of amides is 1. The topological polar surface area (TPSA) is 96.0 Å². The summed E-state index contributed by atoms with van der Waals surface area (Å²) in [4.78, 5) is 18.2. The molecule has 2 N–H and O–H groups in total. The number of benzene rings is 1. The van der Waals surface area contributed by atoms with Crippen molar-refractivity contribution in [3.05, 3.63) is 34.9 Å². The second kappa shape index (κ2) is 10.7. The lowest BCUT2D eigenvalue weighted by atomic mass is 9.96. The van der Waals surface area contributed by atoms with Gasteiger partial charge >= 0.3 is 6.09 Å². The number of morpholine rings is 1. The molecular weight excluding hydrogens is 444 g/mol. The lowest BCUT2D eigenvalue weighted by Gasteiger charge is -2.47. The summed E-state index contributed by atoms with van der Waals surface area (Å²) in [6.07, 6.45) is 3.10. The fourth-order valence-corrected chi connectivity index (χ4v) is 4.80. The number of hydrogen-bond acceptors (Lipinski definition) is 8. The van der Waals surface area contributed by atoms with Gasteiger partial charge in [0, 0.05) is 50.8 Å². The summed E-state index contributed by atoms with van der Waals surface area (Å²) in [5.41, 5.74) is 7.04. The number of ether oxygens (including phenoxy) is 2. The van der Waals surface area contributed by atoms with Crippen molar-refractivity contribution in [3.63, 3.8) is 0 Å². The second-order valence-corrected chi connectivity index (χ2v) is 9.55. The summed E-state index contributed by atoms with van der Waals surface area (Å²) in [6.45, 7) is 3.45. The van der Waals surface area contributed by atoms with E-state index in [9.17, 15) is 4.79 Å². The highest BCUT2D eigenvalue weighted by Gasteiger charge is 2.36. The fraction of sp³-hybridized carbons (Fsp3) is 0.609.